The summed E-state index contributed by atoms with van der Waals surface area (Å²) in [5.41, 5.74) is 2.03. The smallest absolute Gasteiger partial charge is 0.270 e. The van der Waals surface area contributed by atoms with Crippen LogP contribution >= 0.6 is 35.6 Å². The predicted molar refractivity (Wildman–Crippen MR) is 161 cm³/mol. The first-order chi connectivity index (χ1) is 19.0. The fourth-order valence-corrected chi connectivity index (χ4v) is 5.26. The molecule has 1 N–H and O–H groups in total. The Labute approximate surface area is 240 Å². The van der Waals surface area contributed by atoms with Crippen molar-refractivity contribution in [2.24, 2.45) is 0 Å². The molecule has 39 heavy (non-hydrogen) atoms. The number of halogens is 1. The molecule has 1 aliphatic rings. The van der Waals surface area contributed by atoms with E-state index in [1.807, 2.05) is 48.5 Å². The summed E-state index contributed by atoms with van der Waals surface area (Å²) < 4.78 is 11.8. The van der Waals surface area contributed by atoms with Gasteiger partial charge in [0, 0.05) is 5.69 Å². The third-order valence-corrected chi connectivity index (χ3v) is 7.14. The lowest BCUT2D eigenvalue weighted by Crippen LogP contribution is -2.27. The highest BCUT2D eigenvalue weighted by Crippen LogP contribution is 2.37. The summed E-state index contributed by atoms with van der Waals surface area (Å²) in [6.45, 7) is -0.193. The third-order valence-electron chi connectivity index (χ3n) is 5.54. The van der Waals surface area contributed by atoms with E-state index >= 15 is 0 Å². The molecule has 1 fully saturated rings. The fourth-order valence-electron chi connectivity index (χ4n) is 3.72. The van der Waals surface area contributed by atoms with Crippen LogP contribution in [0, 0.1) is 0 Å². The van der Waals surface area contributed by atoms with Gasteiger partial charge in [-0.25, -0.2) is 0 Å². The lowest BCUT2D eigenvalue weighted by molar-refractivity contribution is -0.118. The largest absolute Gasteiger partial charge is 0.482 e. The van der Waals surface area contributed by atoms with Crippen LogP contribution in [0.5, 0.6) is 17.2 Å². The van der Waals surface area contributed by atoms with Gasteiger partial charge in [-0.1, -0.05) is 78.0 Å². The maximum absolute atomic E-state index is 13.2. The molecule has 1 saturated heterocycles. The van der Waals surface area contributed by atoms with Crippen LogP contribution in [0.1, 0.15) is 5.56 Å². The van der Waals surface area contributed by atoms with Gasteiger partial charge in [0.05, 0.1) is 15.6 Å². The van der Waals surface area contributed by atoms with Gasteiger partial charge in [0.1, 0.15) is 17.2 Å². The minimum absolute atomic E-state index is 0.193. The van der Waals surface area contributed by atoms with Gasteiger partial charge in [-0.05, 0) is 72.3 Å². The molecule has 194 valence electrons. The molecular formula is C30H21ClN2O4S2. The van der Waals surface area contributed by atoms with Crippen LogP contribution in [-0.2, 0) is 9.59 Å². The molecule has 0 atom stereocenters. The van der Waals surface area contributed by atoms with Crippen LogP contribution in [0.25, 0.3) is 6.08 Å². The van der Waals surface area contributed by atoms with E-state index < -0.39 is 0 Å². The lowest BCUT2D eigenvalue weighted by atomic mass is 10.2. The molecule has 5 rings (SSSR count). The molecule has 0 spiro atoms. The highest BCUT2D eigenvalue weighted by Gasteiger charge is 2.33. The van der Waals surface area contributed by atoms with Gasteiger partial charge in [0.2, 0.25) is 0 Å². The molecule has 2 amide bonds. The Morgan fingerprint density at radius 3 is 2.28 bits per heavy atom. The number of hydrogen-bond donors (Lipinski definition) is 1. The van der Waals surface area contributed by atoms with E-state index in [1.54, 1.807) is 60.7 Å². The lowest BCUT2D eigenvalue weighted by Gasteiger charge is -2.15. The number of thioether (sulfide) groups is 1. The van der Waals surface area contributed by atoms with Crippen molar-refractivity contribution in [3.8, 4) is 17.2 Å². The van der Waals surface area contributed by atoms with E-state index in [0.717, 1.165) is 5.75 Å². The van der Waals surface area contributed by atoms with Crippen molar-refractivity contribution in [1.29, 1.82) is 0 Å². The summed E-state index contributed by atoms with van der Waals surface area (Å²) in [5.74, 6) is 1.22. The molecule has 0 bridgehead atoms. The van der Waals surface area contributed by atoms with Crippen molar-refractivity contribution in [3.63, 3.8) is 0 Å². The zero-order chi connectivity index (χ0) is 27.2. The van der Waals surface area contributed by atoms with Crippen molar-refractivity contribution in [1.82, 2.24) is 0 Å². The van der Waals surface area contributed by atoms with E-state index in [0.29, 0.717) is 42.7 Å². The van der Waals surface area contributed by atoms with Crippen LogP contribution in [0.15, 0.2) is 108 Å². The van der Waals surface area contributed by atoms with Crippen molar-refractivity contribution >= 4 is 69.2 Å². The molecule has 0 saturated carbocycles. The first-order valence-corrected chi connectivity index (χ1v) is 13.4. The van der Waals surface area contributed by atoms with Crippen LogP contribution in [0.3, 0.4) is 0 Å². The Kier molecular flexibility index (Phi) is 8.27. The Hall–Kier alpha value is -4.11. The van der Waals surface area contributed by atoms with Gasteiger partial charge in [0.15, 0.2) is 10.9 Å². The topological polar surface area (TPSA) is 67.9 Å². The second kappa shape index (κ2) is 12.2. The number of rotatable bonds is 8. The van der Waals surface area contributed by atoms with Gasteiger partial charge < -0.3 is 14.8 Å². The summed E-state index contributed by atoms with van der Waals surface area (Å²) in [7, 11) is 0. The van der Waals surface area contributed by atoms with Crippen LogP contribution in [0.4, 0.5) is 11.4 Å². The Morgan fingerprint density at radius 2 is 1.59 bits per heavy atom. The number of anilines is 2. The second-order valence-electron chi connectivity index (χ2n) is 8.32. The van der Waals surface area contributed by atoms with Crippen molar-refractivity contribution in [2.45, 2.75) is 0 Å². The summed E-state index contributed by atoms with van der Waals surface area (Å²) in [5, 5.41) is 3.07. The Balaban J connectivity index is 1.22. The van der Waals surface area contributed by atoms with Gasteiger partial charge >= 0.3 is 0 Å². The normalized spacial score (nSPS) is 14.0. The number of benzene rings is 4. The average molecular weight is 573 g/mol. The maximum atomic E-state index is 13.2. The molecule has 4 aromatic carbocycles. The second-order valence-corrected chi connectivity index (χ2v) is 10.4. The quantitative estimate of drug-likeness (QED) is 0.174. The first kappa shape index (κ1) is 26.5. The Morgan fingerprint density at radius 1 is 0.923 bits per heavy atom. The molecule has 4 aromatic rings. The number of ether oxygens (including phenoxy) is 2. The molecule has 1 aliphatic heterocycles. The number of para-hydroxylation sites is 2. The molecule has 9 heteroatoms. The number of nitrogens with zero attached hydrogens (tertiary/aromatic N) is 1. The van der Waals surface area contributed by atoms with Gasteiger partial charge in [-0.15, -0.1) is 0 Å². The zero-order valence-electron chi connectivity index (χ0n) is 20.4. The van der Waals surface area contributed by atoms with E-state index in [-0.39, 0.29) is 18.4 Å². The number of thiocarbonyl (C=S) groups is 1. The van der Waals surface area contributed by atoms with E-state index in [4.69, 9.17) is 33.3 Å². The third kappa shape index (κ3) is 6.67. The number of carbonyl (C=O) groups excluding carboxylic acids is 2. The van der Waals surface area contributed by atoms with Crippen molar-refractivity contribution in [2.75, 3.05) is 16.8 Å². The summed E-state index contributed by atoms with van der Waals surface area (Å²) in [4.78, 5) is 27.3. The van der Waals surface area contributed by atoms with Gasteiger partial charge in [-0.2, -0.15) is 0 Å². The SMILES string of the molecule is O=C(COc1ccc(/C=C2\SC(=S)N(c3ccc(Oc4ccccc4)cc3)C2=O)cc1Cl)Nc1ccccc1. The predicted octanol–water partition coefficient (Wildman–Crippen LogP) is 7.56. The van der Waals surface area contributed by atoms with Crippen LogP contribution < -0.4 is 19.7 Å². The Bertz CT molecular complexity index is 1540. The number of amides is 2. The first-order valence-electron chi connectivity index (χ1n) is 11.8. The van der Waals surface area contributed by atoms with Gasteiger partial charge in [0.25, 0.3) is 11.8 Å². The summed E-state index contributed by atoms with van der Waals surface area (Å²) in [6.07, 6.45) is 1.73. The molecular weight excluding hydrogens is 552 g/mol. The molecule has 6 nitrogen and oxygen atoms in total. The summed E-state index contributed by atoms with van der Waals surface area (Å²) >= 11 is 13.1. The van der Waals surface area contributed by atoms with Crippen molar-refractivity contribution < 1.29 is 19.1 Å². The van der Waals surface area contributed by atoms with E-state index in [9.17, 15) is 9.59 Å². The minimum Gasteiger partial charge on any atom is -0.482 e. The molecule has 0 aliphatic carbocycles. The van der Waals surface area contributed by atoms with E-state index in [1.165, 1.54) is 16.7 Å². The summed E-state index contributed by atoms with van der Waals surface area (Å²) in [6, 6.07) is 30.8. The minimum atomic E-state index is -0.301. The van der Waals surface area contributed by atoms with Crippen LogP contribution in [-0.4, -0.2) is 22.7 Å². The molecule has 0 unspecified atom stereocenters. The maximum Gasteiger partial charge on any atom is 0.270 e. The zero-order valence-corrected chi connectivity index (χ0v) is 22.8. The highest BCUT2D eigenvalue weighted by molar-refractivity contribution is 8.27. The van der Waals surface area contributed by atoms with Crippen LogP contribution in [0.2, 0.25) is 5.02 Å². The molecule has 0 aromatic heterocycles. The molecule has 1 heterocycles. The standard InChI is InChI=1S/C30H21ClN2O4S2/c31-25-17-20(11-16-26(25)36-19-28(34)32-21-7-3-1-4-8-21)18-27-29(35)33(30(38)39-27)22-12-14-24(15-13-22)37-23-9-5-2-6-10-23/h1-18H,19H2,(H,32,34)/b27-18-. The average Bonchev–Trinajstić information content (AvgIpc) is 3.22. The number of carbonyl (C=O) groups is 2. The van der Waals surface area contributed by atoms with Gasteiger partial charge in [-0.3, -0.25) is 14.5 Å². The van der Waals surface area contributed by atoms with E-state index in [2.05, 4.69) is 5.32 Å². The number of nitrogens with one attached hydrogen (secondary N) is 1. The fraction of sp³-hybridized carbons (Fsp3) is 0.0333. The highest BCUT2D eigenvalue weighted by atomic mass is 35.5. The number of hydrogen-bond acceptors (Lipinski definition) is 6. The monoisotopic (exact) mass is 572 g/mol. The van der Waals surface area contributed by atoms with Crippen molar-refractivity contribution in [3.05, 3.63) is 119 Å². The molecule has 0 radical (unpaired) electrons.